The van der Waals surface area contributed by atoms with Gasteiger partial charge in [-0.05, 0) is 38.8 Å². The van der Waals surface area contributed by atoms with Crippen molar-refractivity contribution in [1.29, 1.82) is 0 Å². The highest BCUT2D eigenvalue weighted by Gasteiger charge is 2.26. The molecule has 1 saturated heterocycles. The van der Waals surface area contributed by atoms with Crippen molar-refractivity contribution in [1.82, 2.24) is 15.2 Å². The van der Waals surface area contributed by atoms with E-state index in [-0.39, 0.29) is 18.1 Å². The first-order chi connectivity index (χ1) is 13.5. The van der Waals surface area contributed by atoms with Crippen molar-refractivity contribution in [3.63, 3.8) is 0 Å². The van der Waals surface area contributed by atoms with Crippen molar-refractivity contribution in [2.24, 2.45) is 0 Å². The van der Waals surface area contributed by atoms with Gasteiger partial charge >= 0.3 is 0 Å². The molecule has 6 heteroatoms. The van der Waals surface area contributed by atoms with Gasteiger partial charge in [-0.2, -0.15) is 0 Å². The number of aromatic nitrogens is 1. The van der Waals surface area contributed by atoms with Crippen molar-refractivity contribution >= 4 is 22.6 Å². The van der Waals surface area contributed by atoms with Gasteiger partial charge in [-0.3, -0.25) is 9.69 Å². The maximum Gasteiger partial charge on any atom is 0.252 e. The monoisotopic (exact) mass is 382 g/mol. The predicted molar refractivity (Wildman–Crippen MR) is 112 cm³/mol. The second-order valence-corrected chi connectivity index (χ2v) is 8.23. The summed E-state index contributed by atoms with van der Waals surface area (Å²) in [5, 5.41) is 4.03. The van der Waals surface area contributed by atoms with Crippen molar-refractivity contribution in [2.75, 3.05) is 38.1 Å². The Morgan fingerprint density at radius 2 is 1.96 bits per heavy atom. The molecule has 0 unspecified atom stereocenters. The molecule has 1 aromatic carbocycles. The van der Waals surface area contributed by atoms with E-state index in [1.165, 1.54) is 0 Å². The van der Waals surface area contributed by atoms with Gasteiger partial charge in [-0.1, -0.05) is 18.2 Å². The van der Waals surface area contributed by atoms with Crippen LogP contribution in [0.2, 0.25) is 0 Å². The number of pyridine rings is 1. The molecule has 2 aromatic rings. The molecule has 2 heterocycles. The zero-order valence-corrected chi connectivity index (χ0v) is 17.0. The topological polar surface area (TPSA) is 57.7 Å². The minimum absolute atomic E-state index is 0.00609. The number of benzene rings is 1. The van der Waals surface area contributed by atoms with E-state index < -0.39 is 0 Å². The molecule has 1 aliphatic carbocycles. The van der Waals surface area contributed by atoms with E-state index in [4.69, 9.17) is 9.72 Å². The Morgan fingerprint density at radius 3 is 2.68 bits per heavy atom. The molecule has 0 spiro atoms. The van der Waals surface area contributed by atoms with Crippen molar-refractivity contribution < 1.29 is 9.53 Å². The number of hydrogen-bond acceptors (Lipinski definition) is 5. The summed E-state index contributed by atoms with van der Waals surface area (Å²) in [5.74, 6) is 0.848. The fourth-order valence-corrected chi connectivity index (χ4v) is 3.91. The van der Waals surface area contributed by atoms with Crippen LogP contribution in [0.3, 0.4) is 0 Å². The summed E-state index contributed by atoms with van der Waals surface area (Å²) in [5.41, 5.74) is 1.58. The van der Waals surface area contributed by atoms with Gasteiger partial charge in [0.2, 0.25) is 0 Å². The highest BCUT2D eigenvalue weighted by Crippen LogP contribution is 2.25. The molecular weight excluding hydrogens is 352 g/mol. The van der Waals surface area contributed by atoms with Crippen LogP contribution < -0.4 is 10.2 Å². The number of rotatable bonds is 6. The summed E-state index contributed by atoms with van der Waals surface area (Å²) < 4.78 is 5.82. The summed E-state index contributed by atoms with van der Waals surface area (Å²) in [6.45, 7) is 7.97. The molecule has 6 nitrogen and oxygen atoms in total. The molecule has 1 aromatic heterocycles. The van der Waals surface area contributed by atoms with Gasteiger partial charge < -0.3 is 15.0 Å². The van der Waals surface area contributed by atoms with Crippen LogP contribution in [0.1, 0.15) is 37.0 Å². The molecule has 2 aliphatic rings. The molecule has 2 atom stereocenters. The van der Waals surface area contributed by atoms with Gasteiger partial charge in [0.05, 0.1) is 23.3 Å². The maximum absolute atomic E-state index is 12.8. The lowest BCUT2D eigenvalue weighted by atomic mass is 10.1. The molecule has 0 bridgehead atoms. The number of amides is 1. The number of hydrogen-bond donors (Lipinski definition) is 1. The van der Waals surface area contributed by atoms with Crippen LogP contribution in [0, 0.1) is 0 Å². The van der Waals surface area contributed by atoms with E-state index in [0.717, 1.165) is 55.7 Å². The molecule has 28 heavy (non-hydrogen) atoms. The first-order valence-corrected chi connectivity index (χ1v) is 10.3. The fraction of sp³-hybridized carbons (Fsp3) is 0.545. The van der Waals surface area contributed by atoms with E-state index in [2.05, 4.69) is 29.0 Å². The summed E-state index contributed by atoms with van der Waals surface area (Å²) in [6.07, 6.45) is 2.70. The van der Waals surface area contributed by atoms with Crippen LogP contribution >= 0.6 is 0 Å². The zero-order chi connectivity index (χ0) is 19.7. The van der Waals surface area contributed by atoms with E-state index >= 15 is 0 Å². The summed E-state index contributed by atoms with van der Waals surface area (Å²) in [6, 6.07) is 10.2. The number of anilines is 1. The molecule has 150 valence electrons. The molecule has 0 radical (unpaired) electrons. The first-order valence-electron chi connectivity index (χ1n) is 10.3. The number of carbonyl (C=O) groups excluding carboxylic acids is 1. The van der Waals surface area contributed by atoms with E-state index in [1.54, 1.807) is 0 Å². The molecule has 1 saturated carbocycles. The number of nitrogens with one attached hydrogen (secondary N) is 1. The maximum atomic E-state index is 12.8. The second-order valence-electron chi connectivity index (χ2n) is 8.23. The molecule has 1 aliphatic heterocycles. The Bertz CT molecular complexity index is 842. The smallest absolute Gasteiger partial charge is 0.252 e. The van der Waals surface area contributed by atoms with Gasteiger partial charge in [-0.15, -0.1) is 0 Å². The predicted octanol–water partition coefficient (Wildman–Crippen LogP) is 2.67. The van der Waals surface area contributed by atoms with Crippen LogP contribution in [0.15, 0.2) is 30.3 Å². The number of ether oxygens (including phenoxy) is 1. The quantitative estimate of drug-likeness (QED) is 0.832. The molecule has 1 N–H and O–H groups in total. The first kappa shape index (κ1) is 19.2. The van der Waals surface area contributed by atoms with Gasteiger partial charge in [0, 0.05) is 44.7 Å². The van der Waals surface area contributed by atoms with Crippen LogP contribution in [-0.2, 0) is 4.74 Å². The standard InChI is InChI=1S/C22H30N4O2/c1-15-13-26(14-16(2)28-15)11-10-25(3)21-12-19(22(27)23-17-8-9-17)18-6-4-5-7-20(18)24-21/h4-7,12,15-17H,8-11,13-14H2,1-3H3,(H,23,27)/t15-,16+. The second kappa shape index (κ2) is 8.05. The molecule has 4 rings (SSSR count). The number of carbonyl (C=O) groups is 1. The number of nitrogens with zero attached hydrogens (tertiary/aromatic N) is 3. The highest BCUT2D eigenvalue weighted by molar-refractivity contribution is 6.07. The SMILES string of the molecule is C[C@@H]1CN(CCN(C)c2cc(C(=O)NC3CC3)c3ccccc3n2)C[C@H](C)O1. The van der Waals surface area contributed by atoms with Crippen LogP contribution in [-0.4, -0.2) is 67.3 Å². The minimum Gasteiger partial charge on any atom is -0.373 e. The average Bonchev–Trinajstić information content (AvgIpc) is 3.48. The fourth-order valence-electron chi connectivity index (χ4n) is 3.91. The summed E-state index contributed by atoms with van der Waals surface area (Å²) in [4.78, 5) is 22.2. The van der Waals surface area contributed by atoms with Crippen LogP contribution in [0.4, 0.5) is 5.82 Å². The Morgan fingerprint density at radius 1 is 1.25 bits per heavy atom. The summed E-state index contributed by atoms with van der Waals surface area (Å²) >= 11 is 0. The zero-order valence-electron chi connectivity index (χ0n) is 17.0. The lowest BCUT2D eigenvalue weighted by molar-refractivity contribution is -0.0670. The van der Waals surface area contributed by atoms with Crippen LogP contribution in [0.25, 0.3) is 10.9 Å². The Kier molecular flexibility index (Phi) is 5.51. The largest absolute Gasteiger partial charge is 0.373 e. The van der Waals surface area contributed by atoms with Crippen molar-refractivity contribution in [2.45, 2.75) is 44.9 Å². The van der Waals surface area contributed by atoms with Crippen LogP contribution in [0.5, 0.6) is 0 Å². The number of likely N-dealkylation sites (N-methyl/N-ethyl adjacent to an activating group) is 1. The lowest BCUT2D eigenvalue weighted by Crippen LogP contribution is -2.47. The molecular formula is C22H30N4O2. The minimum atomic E-state index is 0.00609. The van der Waals surface area contributed by atoms with E-state index in [0.29, 0.717) is 11.6 Å². The number of fused-ring (bicyclic) bond motifs is 1. The summed E-state index contributed by atoms with van der Waals surface area (Å²) in [7, 11) is 2.05. The highest BCUT2D eigenvalue weighted by atomic mass is 16.5. The van der Waals surface area contributed by atoms with E-state index in [9.17, 15) is 4.79 Å². The normalized spacial score (nSPS) is 23.0. The van der Waals surface area contributed by atoms with Gasteiger partial charge in [0.25, 0.3) is 5.91 Å². The van der Waals surface area contributed by atoms with Gasteiger partial charge in [0.1, 0.15) is 5.82 Å². The Balaban J connectivity index is 1.51. The molecule has 2 fully saturated rings. The third-order valence-corrected chi connectivity index (χ3v) is 5.50. The number of morpholine rings is 1. The van der Waals surface area contributed by atoms with E-state index in [1.807, 2.05) is 37.4 Å². The number of para-hydroxylation sites is 1. The van der Waals surface area contributed by atoms with Crippen molar-refractivity contribution in [3.8, 4) is 0 Å². The average molecular weight is 383 g/mol. The Labute approximate surface area is 166 Å². The third-order valence-electron chi connectivity index (χ3n) is 5.50. The Hall–Kier alpha value is -2.18. The molecule has 1 amide bonds. The third kappa shape index (κ3) is 4.45. The van der Waals surface area contributed by atoms with Gasteiger partial charge in [-0.25, -0.2) is 4.98 Å². The van der Waals surface area contributed by atoms with Gasteiger partial charge in [0.15, 0.2) is 0 Å². The lowest BCUT2D eigenvalue weighted by Gasteiger charge is -2.36. The van der Waals surface area contributed by atoms with Crippen molar-refractivity contribution in [3.05, 3.63) is 35.9 Å².